The van der Waals surface area contributed by atoms with Crippen LogP contribution in [0.1, 0.15) is 31.9 Å². The second kappa shape index (κ2) is 7.50. The zero-order chi connectivity index (χ0) is 19.8. The summed E-state index contributed by atoms with van der Waals surface area (Å²) in [7, 11) is 0. The summed E-state index contributed by atoms with van der Waals surface area (Å²) in [5, 5.41) is 28.7. The molecule has 10 nitrogen and oxygen atoms in total. The average molecular weight is 388 g/mol. The highest BCUT2D eigenvalue weighted by Crippen LogP contribution is 2.37. The Morgan fingerprint density at radius 1 is 1.33 bits per heavy atom. The molecule has 0 radical (unpaired) electrons. The number of hydrogen-bond donors (Lipinski definition) is 3. The van der Waals surface area contributed by atoms with Crippen molar-refractivity contribution in [3.8, 4) is 0 Å². The summed E-state index contributed by atoms with van der Waals surface area (Å²) >= 11 is 0. The topological polar surface area (TPSA) is 140 Å². The smallest absolute Gasteiger partial charge is 0.335 e. The van der Waals surface area contributed by atoms with Crippen LogP contribution >= 0.6 is 0 Å². The number of rotatable bonds is 5. The Kier molecular flexibility index (Phi) is 5.47. The van der Waals surface area contributed by atoms with Gasteiger partial charge in [0.05, 0.1) is 5.92 Å². The van der Waals surface area contributed by atoms with E-state index in [0.717, 1.165) is 25.1 Å². The van der Waals surface area contributed by atoms with Gasteiger partial charge in [0.25, 0.3) is 11.4 Å². The van der Waals surface area contributed by atoms with Gasteiger partial charge in [0.2, 0.25) is 0 Å². The minimum absolute atomic E-state index is 0.265. The lowest BCUT2D eigenvalue weighted by molar-refractivity contribution is -0.207. The number of carbonyl (C=O) groups excluding carboxylic acids is 1. The molecular weight excluding hydrogens is 367 g/mol. The molecule has 27 heavy (non-hydrogen) atoms. The van der Waals surface area contributed by atoms with Gasteiger partial charge >= 0.3 is 11.7 Å². The Balaban J connectivity index is 1.82. The maximum atomic E-state index is 14.2. The number of hydrogen-bond acceptors (Lipinski definition) is 8. The minimum atomic E-state index is -2.96. The Morgan fingerprint density at radius 3 is 2.59 bits per heavy atom. The van der Waals surface area contributed by atoms with Crippen molar-refractivity contribution in [2.24, 2.45) is 5.92 Å². The van der Waals surface area contributed by atoms with Crippen molar-refractivity contribution in [3.05, 3.63) is 33.1 Å². The van der Waals surface area contributed by atoms with E-state index in [2.05, 4.69) is 0 Å². The van der Waals surface area contributed by atoms with Crippen molar-refractivity contribution in [1.82, 2.24) is 9.13 Å². The highest BCUT2D eigenvalue weighted by Gasteiger charge is 2.56. The highest BCUT2D eigenvalue weighted by atomic mass is 19.2. The lowest BCUT2D eigenvalue weighted by Gasteiger charge is -2.20. The van der Waals surface area contributed by atoms with E-state index in [4.69, 9.17) is 14.6 Å². The average Bonchev–Trinajstić information content (AvgIpc) is 3.26. The number of aliphatic hydroxyl groups is 3. The summed E-state index contributed by atoms with van der Waals surface area (Å²) in [5.74, 6) is -3.73. The van der Waals surface area contributed by atoms with Gasteiger partial charge in [0.15, 0.2) is 13.0 Å². The number of aromatic nitrogens is 2. The van der Waals surface area contributed by atoms with Gasteiger partial charge in [-0.3, -0.25) is 14.2 Å². The van der Waals surface area contributed by atoms with Gasteiger partial charge < -0.3 is 24.8 Å². The zero-order valence-corrected chi connectivity index (χ0v) is 14.4. The van der Waals surface area contributed by atoms with Crippen molar-refractivity contribution in [3.63, 3.8) is 0 Å². The third-order valence-electron chi connectivity index (χ3n) is 4.98. The van der Waals surface area contributed by atoms with E-state index in [1.54, 1.807) is 0 Å². The first-order chi connectivity index (χ1) is 12.8. The summed E-state index contributed by atoms with van der Waals surface area (Å²) in [6.45, 7) is -1.88. The van der Waals surface area contributed by atoms with Crippen LogP contribution in [0.2, 0.25) is 0 Å². The van der Waals surface area contributed by atoms with E-state index in [1.807, 2.05) is 0 Å². The molecule has 0 aromatic carbocycles. The van der Waals surface area contributed by atoms with Crippen molar-refractivity contribution < 1.29 is 34.0 Å². The van der Waals surface area contributed by atoms with Crippen LogP contribution < -0.4 is 11.2 Å². The second-order valence-electron chi connectivity index (χ2n) is 6.73. The van der Waals surface area contributed by atoms with E-state index >= 15 is 0 Å². The fourth-order valence-electron chi connectivity index (χ4n) is 3.35. The third kappa shape index (κ3) is 3.55. The molecule has 150 valence electrons. The molecular formula is C16H21FN2O8. The van der Waals surface area contributed by atoms with E-state index in [1.165, 1.54) is 0 Å². The lowest BCUT2D eigenvalue weighted by Crippen LogP contribution is -2.44. The minimum Gasteiger partial charge on any atom is -0.443 e. The monoisotopic (exact) mass is 388 g/mol. The molecule has 0 spiro atoms. The summed E-state index contributed by atoms with van der Waals surface area (Å²) in [6.07, 6.45) is -1.49. The zero-order valence-electron chi connectivity index (χ0n) is 14.4. The van der Waals surface area contributed by atoms with Crippen LogP contribution in [-0.2, 0) is 21.0 Å². The fourth-order valence-corrected chi connectivity index (χ4v) is 3.35. The molecule has 2 heterocycles. The molecule has 3 N–H and O–H groups in total. The number of aliphatic hydroxyl groups excluding tert-OH is 3. The Bertz CT molecular complexity index is 817. The predicted molar refractivity (Wildman–Crippen MR) is 86.1 cm³/mol. The van der Waals surface area contributed by atoms with Crippen molar-refractivity contribution >= 4 is 5.97 Å². The molecule has 1 aliphatic heterocycles. The van der Waals surface area contributed by atoms with E-state index in [9.17, 15) is 29.0 Å². The summed E-state index contributed by atoms with van der Waals surface area (Å²) in [5.41, 5.74) is -1.79. The number of halogens is 1. The van der Waals surface area contributed by atoms with Gasteiger partial charge in [0, 0.05) is 12.3 Å². The predicted octanol–water partition coefficient (Wildman–Crippen LogP) is -1.39. The summed E-state index contributed by atoms with van der Waals surface area (Å²) in [6, 6.07) is 0.949. The van der Waals surface area contributed by atoms with Crippen molar-refractivity contribution in [1.29, 1.82) is 0 Å². The van der Waals surface area contributed by atoms with Gasteiger partial charge in [0.1, 0.15) is 18.8 Å². The molecule has 1 saturated heterocycles. The molecule has 0 unspecified atom stereocenters. The van der Waals surface area contributed by atoms with Crippen LogP contribution in [0.4, 0.5) is 4.39 Å². The molecule has 3 rings (SSSR count). The van der Waals surface area contributed by atoms with E-state index < -0.39 is 54.8 Å². The first kappa shape index (κ1) is 19.7. The van der Waals surface area contributed by atoms with Crippen LogP contribution in [0.3, 0.4) is 0 Å². The van der Waals surface area contributed by atoms with Gasteiger partial charge in [-0.15, -0.1) is 0 Å². The standard InChI is InChI=1S/C16H21FN2O8/c17-16(7-20)12(23)11(22)13(27-16)18-6-5-10(21)19(15(18)25)8-26-14(24)9-3-1-2-4-9/h5-6,9,11-13,20,22-23H,1-4,7-8H2/t11-,12+,13-,16-/m1/s1. The van der Waals surface area contributed by atoms with Crippen LogP contribution in [0.5, 0.6) is 0 Å². The molecule has 1 aliphatic carbocycles. The number of ether oxygens (including phenoxy) is 2. The molecule has 1 aromatic rings. The number of esters is 1. The van der Waals surface area contributed by atoms with Crippen LogP contribution in [0.25, 0.3) is 0 Å². The third-order valence-corrected chi connectivity index (χ3v) is 4.98. The second-order valence-corrected chi connectivity index (χ2v) is 6.73. The molecule has 2 fully saturated rings. The fraction of sp³-hybridized carbons (Fsp3) is 0.688. The maximum Gasteiger partial charge on any atom is 0.335 e. The van der Waals surface area contributed by atoms with Gasteiger partial charge in [-0.25, -0.2) is 13.8 Å². The number of nitrogens with zero attached hydrogens (tertiary/aromatic N) is 2. The largest absolute Gasteiger partial charge is 0.443 e. The maximum absolute atomic E-state index is 14.2. The summed E-state index contributed by atoms with van der Waals surface area (Å²) in [4.78, 5) is 36.5. The summed E-state index contributed by atoms with van der Waals surface area (Å²) < 4.78 is 25.4. The number of carbonyl (C=O) groups is 1. The quantitative estimate of drug-likeness (QED) is 0.524. The van der Waals surface area contributed by atoms with Crippen LogP contribution in [-0.4, -0.2) is 55.1 Å². The van der Waals surface area contributed by atoms with Gasteiger partial charge in [-0.05, 0) is 12.8 Å². The van der Waals surface area contributed by atoms with Crippen LogP contribution in [0, 0.1) is 5.92 Å². The first-order valence-electron chi connectivity index (χ1n) is 8.61. The van der Waals surface area contributed by atoms with E-state index in [0.29, 0.717) is 22.0 Å². The Labute approximate surface area is 152 Å². The van der Waals surface area contributed by atoms with E-state index in [-0.39, 0.29) is 5.92 Å². The molecule has 0 bridgehead atoms. The normalized spacial score (nSPS) is 31.3. The molecule has 1 saturated carbocycles. The first-order valence-corrected chi connectivity index (χ1v) is 8.61. The van der Waals surface area contributed by atoms with Crippen molar-refractivity contribution in [2.45, 2.75) is 56.7 Å². The SMILES string of the molecule is O=C(OCn1c(=O)ccn([C@@H]2O[C@](F)(CO)[C@@H](O)[C@H]2O)c1=O)C1CCCC1. The van der Waals surface area contributed by atoms with Crippen molar-refractivity contribution in [2.75, 3.05) is 6.61 Å². The van der Waals surface area contributed by atoms with Gasteiger partial charge in [-0.1, -0.05) is 12.8 Å². The van der Waals surface area contributed by atoms with Crippen LogP contribution in [0.15, 0.2) is 21.9 Å². The Morgan fingerprint density at radius 2 is 2.00 bits per heavy atom. The molecule has 2 aliphatic rings. The molecule has 11 heteroatoms. The molecule has 4 atom stereocenters. The Hall–Kier alpha value is -2.08. The highest BCUT2D eigenvalue weighted by molar-refractivity contribution is 5.72. The molecule has 1 aromatic heterocycles. The molecule has 0 amide bonds. The number of alkyl halides is 1. The lowest BCUT2D eigenvalue weighted by atomic mass is 10.1. The van der Waals surface area contributed by atoms with Gasteiger partial charge in [-0.2, -0.15) is 0 Å².